The molecule has 0 saturated heterocycles. The van der Waals surface area contributed by atoms with Crippen LogP contribution in [0.15, 0.2) is 59.1 Å². The molecule has 42 heavy (non-hydrogen) atoms. The number of carbonyl (C=O) groups excluding carboxylic acids is 3. The predicted molar refractivity (Wildman–Crippen MR) is 167 cm³/mol. The Balaban J connectivity index is 2.00. The highest BCUT2D eigenvalue weighted by molar-refractivity contribution is 9.10. The van der Waals surface area contributed by atoms with Crippen LogP contribution < -0.4 is 25.6 Å². The summed E-state index contributed by atoms with van der Waals surface area (Å²) in [5.41, 5.74) is 5.94. The molecule has 0 bridgehead atoms. The lowest BCUT2D eigenvalue weighted by Gasteiger charge is -2.39. The molecule has 1 aliphatic rings. The molecule has 4 rings (SSSR count). The maximum absolute atomic E-state index is 14.7. The number of halogens is 1. The van der Waals surface area contributed by atoms with Gasteiger partial charge in [-0.1, -0.05) is 54.0 Å². The minimum absolute atomic E-state index is 0.0438. The Morgan fingerprint density at radius 1 is 1.07 bits per heavy atom. The number of anilines is 2. The number of fused-ring (bicyclic) bond motifs is 2. The maximum atomic E-state index is 14.7. The van der Waals surface area contributed by atoms with Gasteiger partial charge in [-0.25, -0.2) is 8.42 Å². The molecule has 3 N–H and O–H groups in total. The summed E-state index contributed by atoms with van der Waals surface area (Å²) in [5.74, 6) is -3.22. The molecule has 2 atom stereocenters. The van der Waals surface area contributed by atoms with Crippen LogP contribution in [0.4, 0.5) is 11.4 Å². The number of methoxy groups -OCH3 is 1. The first-order valence-electron chi connectivity index (χ1n) is 13.6. The number of sulfone groups is 1. The van der Waals surface area contributed by atoms with Crippen LogP contribution >= 0.6 is 15.9 Å². The van der Waals surface area contributed by atoms with E-state index < -0.39 is 44.8 Å². The second-order valence-electron chi connectivity index (χ2n) is 10.3. The van der Waals surface area contributed by atoms with Crippen molar-refractivity contribution in [3.63, 3.8) is 0 Å². The van der Waals surface area contributed by atoms with Crippen molar-refractivity contribution < 1.29 is 27.5 Å². The zero-order valence-corrected chi connectivity index (χ0v) is 26.4. The van der Waals surface area contributed by atoms with Crippen molar-refractivity contribution in [3.05, 3.63) is 64.6 Å². The highest BCUT2D eigenvalue weighted by atomic mass is 79.9. The summed E-state index contributed by atoms with van der Waals surface area (Å²) in [6.45, 7) is 3.67. The summed E-state index contributed by atoms with van der Waals surface area (Å²) in [5, 5.41) is 4.91. The average Bonchev–Trinajstić information content (AvgIpc) is 3.06. The molecule has 1 aliphatic heterocycles. The Hall–Kier alpha value is -3.48. The molecule has 0 radical (unpaired) electrons. The highest BCUT2D eigenvalue weighted by Gasteiger charge is 2.51. The number of hydrogen-bond acceptors (Lipinski definition) is 7. The van der Waals surface area contributed by atoms with Gasteiger partial charge in [0.25, 0.3) is 0 Å². The Labute approximate surface area is 254 Å². The summed E-state index contributed by atoms with van der Waals surface area (Å²) in [6.07, 6.45) is 1.14. The lowest BCUT2D eigenvalue weighted by molar-refractivity contribution is -0.135. The second-order valence-corrected chi connectivity index (χ2v) is 13.3. The predicted octanol–water partition coefficient (Wildman–Crippen LogP) is 3.40. The first-order valence-corrected chi connectivity index (χ1v) is 16.4. The van der Waals surface area contributed by atoms with Crippen LogP contribution in [0.3, 0.4) is 0 Å². The van der Waals surface area contributed by atoms with Gasteiger partial charge in [0.1, 0.15) is 17.0 Å². The zero-order chi connectivity index (χ0) is 30.8. The molecule has 0 spiro atoms. The first kappa shape index (κ1) is 31.5. The molecule has 10 nitrogen and oxygen atoms in total. The van der Waals surface area contributed by atoms with E-state index in [0.29, 0.717) is 23.7 Å². The Morgan fingerprint density at radius 2 is 1.76 bits per heavy atom. The van der Waals surface area contributed by atoms with Gasteiger partial charge in [0.15, 0.2) is 9.84 Å². The fraction of sp³-hybridized carbons (Fsp3) is 0.367. The number of hydrogen-bond donors (Lipinski definition) is 2. The minimum atomic E-state index is -3.70. The van der Waals surface area contributed by atoms with Crippen molar-refractivity contribution in [2.24, 2.45) is 11.7 Å². The van der Waals surface area contributed by atoms with Crippen molar-refractivity contribution in [2.45, 2.75) is 32.4 Å². The van der Waals surface area contributed by atoms with Crippen molar-refractivity contribution in [2.75, 3.05) is 42.0 Å². The first-order chi connectivity index (χ1) is 19.9. The highest BCUT2D eigenvalue weighted by Crippen LogP contribution is 2.41. The van der Waals surface area contributed by atoms with Crippen molar-refractivity contribution in [1.29, 1.82) is 0 Å². The molecule has 1 heterocycles. The van der Waals surface area contributed by atoms with Crippen LogP contribution in [0.5, 0.6) is 5.75 Å². The van der Waals surface area contributed by atoms with E-state index in [1.807, 2.05) is 30.3 Å². The van der Waals surface area contributed by atoms with Crippen LogP contribution in [0.1, 0.15) is 25.8 Å². The lowest BCUT2D eigenvalue weighted by Crippen LogP contribution is -2.65. The van der Waals surface area contributed by atoms with E-state index in [1.165, 1.54) is 9.80 Å². The Morgan fingerprint density at radius 3 is 2.36 bits per heavy atom. The van der Waals surface area contributed by atoms with Crippen molar-refractivity contribution >= 4 is 65.6 Å². The van der Waals surface area contributed by atoms with Gasteiger partial charge in [0.05, 0.1) is 30.9 Å². The van der Waals surface area contributed by atoms with E-state index in [1.54, 1.807) is 45.2 Å². The number of nitrogens with zero attached hydrogens (tertiary/aromatic N) is 2. The Kier molecular flexibility index (Phi) is 9.29. The van der Waals surface area contributed by atoms with E-state index in [9.17, 15) is 22.8 Å². The third-order valence-electron chi connectivity index (χ3n) is 7.78. The molecular weight excluding hydrogens is 624 g/mol. The normalized spacial score (nSPS) is 17.0. The number of likely N-dealkylation sites (N-methyl/N-ethyl adjacent to an activating group) is 1. The topological polar surface area (TPSA) is 139 Å². The quantitative estimate of drug-likeness (QED) is 0.340. The molecule has 12 heteroatoms. The van der Waals surface area contributed by atoms with Crippen LogP contribution in [0.2, 0.25) is 0 Å². The molecule has 1 unspecified atom stereocenters. The summed E-state index contributed by atoms with van der Waals surface area (Å²) in [6, 6.07) is 16.3. The van der Waals surface area contributed by atoms with E-state index in [0.717, 1.165) is 27.1 Å². The largest absolute Gasteiger partial charge is 0.496 e. The summed E-state index contributed by atoms with van der Waals surface area (Å²) in [7, 11) is -2.15. The maximum Gasteiger partial charge on any atom is 0.242 e. The van der Waals surface area contributed by atoms with Gasteiger partial charge >= 0.3 is 0 Å². The Bertz CT molecular complexity index is 1650. The third kappa shape index (κ3) is 5.88. The monoisotopic (exact) mass is 658 g/mol. The number of ether oxygens (including phenoxy) is 1. The van der Waals surface area contributed by atoms with Crippen LogP contribution in [0.25, 0.3) is 10.8 Å². The number of nitrogens with one attached hydrogen (secondary N) is 1. The van der Waals surface area contributed by atoms with Gasteiger partial charge in [-0.15, -0.1) is 0 Å². The number of amides is 3. The van der Waals surface area contributed by atoms with Gasteiger partial charge < -0.3 is 25.6 Å². The van der Waals surface area contributed by atoms with Gasteiger partial charge in [-0.05, 0) is 54.1 Å². The molecule has 3 amide bonds. The van der Waals surface area contributed by atoms with E-state index >= 15 is 0 Å². The molecule has 224 valence electrons. The average molecular weight is 660 g/mol. The smallest absolute Gasteiger partial charge is 0.242 e. The molecule has 0 fully saturated rings. The van der Waals surface area contributed by atoms with Crippen LogP contribution in [-0.4, -0.2) is 63.9 Å². The molecule has 3 aromatic carbocycles. The number of nitrogens with two attached hydrogens (primary N) is 1. The van der Waals surface area contributed by atoms with Gasteiger partial charge in [0, 0.05) is 22.8 Å². The zero-order valence-electron chi connectivity index (χ0n) is 24.0. The standard InChI is InChI=1S/C30H35BrN4O6S/c1-5-30(29(32)38,33-6-2)22-17-34(27(36)18-42(4,39)40)24-12-7-8-13-25(24)35(28(22)37)16-21-19-10-9-11-23(31)20(19)14-15-26(21)41-3/h7-15,22,33H,5-6,16-18H2,1-4H3,(H2,32,38)/t22-,30?/m1/s1. The number of benzene rings is 3. The fourth-order valence-corrected chi connectivity index (χ4v) is 6.87. The molecular formula is C30H35BrN4O6S. The number of carbonyl (C=O) groups is 3. The van der Waals surface area contributed by atoms with E-state index in [2.05, 4.69) is 21.2 Å². The fourth-order valence-electron chi connectivity index (χ4n) is 5.77. The minimum Gasteiger partial charge on any atom is -0.496 e. The van der Waals surface area contributed by atoms with Gasteiger partial charge in [0.2, 0.25) is 17.7 Å². The van der Waals surface area contributed by atoms with Crippen LogP contribution in [-0.2, 0) is 30.8 Å². The van der Waals surface area contributed by atoms with Gasteiger partial charge in [-0.3, -0.25) is 14.4 Å². The molecule has 0 saturated carbocycles. The molecule has 0 aromatic heterocycles. The van der Waals surface area contributed by atoms with Crippen LogP contribution in [0, 0.1) is 5.92 Å². The number of rotatable bonds is 10. The van der Waals surface area contributed by atoms with E-state index in [4.69, 9.17) is 10.5 Å². The summed E-state index contributed by atoms with van der Waals surface area (Å²) in [4.78, 5) is 44.2. The summed E-state index contributed by atoms with van der Waals surface area (Å²) < 4.78 is 31.0. The van der Waals surface area contributed by atoms with Crippen molar-refractivity contribution in [3.8, 4) is 5.75 Å². The van der Waals surface area contributed by atoms with Crippen molar-refractivity contribution in [1.82, 2.24) is 5.32 Å². The lowest BCUT2D eigenvalue weighted by atomic mass is 9.79. The van der Waals surface area contributed by atoms with Gasteiger partial charge in [-0.2, -0.15) is 0 Å². The summed E-state index contributed by atoms with van der Waals surface area (Å²) >= 11 is 3.60. The number of primary amides is 1. The molecule has 3 aromatic rings. The van der Waals surface area contributed by atoms with E-state index in [-0.39, 0.29) is 19.5 Å². The second kappa shape index (κ2) is 12.4. The number of para-hydroxylation sites is 2. The SMILES string of the molecule is CCNC(CC)(C(N)=O)[C@@H]1CN(C(=O)CS(C)(=O)=O)c2ccccc2N(Cc2c(OC)ccc3c(Br)cccc23)C1=O. The molecule has 0 aliphatic carbocycles. The third-order valence-corrected chi connectivity index (χ3v) is 9.24.